The van der Waals surface area contributed by atoms with Crippen LogP contribution >= 0.6 is 11.3 Å². The molecule has 31 heavy (non-hydrogen) atoms. The topological polar surface area (TPSA) is 78.9 Å². The maximum Gasteiger partial charge on any atom is 0.265 e. The van der Waals surface area contributed by atoms with E-state index in [1.54, 1.807) is 11.3 Å². The quantitative estimate of drug-likeness (QED) is 0.448. The number of anilines is 1. The van der Waals surface area contributed by atoms with E-state index in [0.29, 0.717) is 23.0 Å². The zero-order chi connectivity index (χ0) is 22.9. The molecule has 3 N–H and O–H groups in total. The van der Waals surface area contributed by atoms with Crippen LogP contribution in [0.4, 0.5) is 5.95 Å². The Morgan fingerprint density at radius 1 is 1.16 bits per heavy atom. The molecule has 1 saturated heterocycles. The summed E-state index contributed by atoms with van der Waals surface area (Å²) in [7, 11) is 5.81. The van der Waals surface area contributed by atoms with Gasteiger partial charge in [-0.2, -0.15) is 0 Å². The van der Waals surface area contributed by atoms with Gasteiger partial charge in [-0.15, -0.1) is 11.3 Å². The van der Waals surface area contributed by atoms with Crippen LogP contribution in [0.25, 0.3) is 10.6 Å². The first-order chi connectivity index (χ1) is 14.3. The molecule has 3 heterocycles. The van der Waals surface area contributed by atoms with Crippen LogP contribution in [-0.2, 0) is 11.2 Å². The van der Waals surface area contributed by atoms with Crippen molar-refractivity contribution in [2.45, 2.75) is 70.5 Å². The number of carbonyl (C=O) groups is 1. The fourth-order valence-electron chi connectivity index (χ4n) is 4.49. The summed E-state index contributed by atoms with van der Waals surface area (Å²) >= 11 is 1.69. The Kier molecular flexibility index (Phi) is 6.74. The Balaban J connectivity index is 1.64. The van der Waals surface area contributed by atoms with Gasteiger partial charge in [0.25, 0.3) is 5.91 Å². The Labute approximate surface area is 190 Å². The highest BCUT2D eigenvalue weighted by atomic mass is 32.1. The van der Waals surface area contributed by atoms with Crippen LogP contribution in [0.5, 0.6) is 0 Å². The summed E-state index contributed by atoms with van der Waals surface area (Å²) in [5.41, 5.74) is 4.00. The highest BCUT2D eigenvalue weighted by Gasteiger charge is 2.37. The first-order valence-electron chi connectivity index (χ1n) is 10.9. The lowest BCUT2D eigenvalue weighted by Gasteiger charge is -2.46. The van der Waals surface area contributed by atoms with E-state index >= 15 is 0 Å². The molecule has 0 unspecified atom stereocenters. The van der Waals surface area contributed by atoms with Gasteiger partial charge >= 0.3 is 0 Å². The zero-order valence-corrected chi connectivity index (χ0v) is 20.7. The third-order valence-electron chi connectivity index (χ3n) is 5.15. The number of carbonyl (C=O) groups excluding carboxylic acids is 1. The number of quaternary nitrogens is 1. The third kappa shape index (κ3) is 7.26. The maximum absolute atomic E-state index is 12.1. The number of hydrogen-bond donors (Lipinski definition) is 3. The summed E-state index contributed by atoms with van der Waals surface area (Å²) in [6.07, 6.45) is 5.06. The van der Waals surface area contributed by atoms with Crippen LogP contribution in [0.2, 0.25) is 0 Å². The van der Waals surface area contributed by atoms with E-state index in [4.69, 9.17) is 4.98 Å². The Morgan fingerprint density at radius 3 is 2.48 bits per heavy atom. The van der Waals surface area contributed by atoms with Gasteiger partial charge in [0.05, 0.1) is 31.7 Å². The third-order valence-corrected chi connectivity index (χ3v) is 6.32. The monoisotopic (exact) mass is 445 g/mol. The van der Waals surface area contributed by atoms with Gasteiger partial charge in [-0.25, -0.2) is 20.0 Å². The molecule has 0 bridgehead atoms. The second-order valence-corrected chi connectivity index (χ2v) is 11.9. The summed E-state index contributed by atoms with van der Waals surface area (Å²) in [5.74, 6) is 0.733. The van der Waals surface area contributed by atoms with E-state index in [-0.39, 0.29) is 17.0 Å². The molecule has 1 fully saturated rings. The minimum atomic E-state index is 0.0591. The zero-order valence-electron chi connectivity index (χ0n) is 19.9. The molecule has 0 aromatic carbocycles. The van der Waals surface area contributed by atoms with Crippen molar-refractivity contribution < 1.29 is 9.39 Å². The highest BCUT2D eigenvalue weighted by molar-refractivity contribution is 7.15. The number of aromatic nitrogens is 2. The molecule has 2 aromatic rings. The number of nitrogens with one attached hydrogen (secondary N) is 3. The fourth-order valence-corrected chi connectivity index (χ4v) is 5.47. The molecule has 0 spiro atoms. The van der Waals surface area contributed by atoms with Gasteiger partial charge in [0.1, 0.15) is 0 Å². The van der Waals surface area contributed by atoms with E-state index in [1.165, 1.54) is 4.88 Å². The standard InChI is InChI=1S/C23H36N6OS/c1-22(2)14-16(15-23(3,4)28-22)25-21-24-13-12-18(26-21)19-10-8-17(31-19)9-11-20(30)27-29(5,6)7/h8,10,12-13,16,28H,9,11,14-15H2,1-7H3,(H-,24,25,26,27,30)/p+1. The van der Waals surface area contributed by atoms with E-state index < -0.39 is 0 Å². The van der Waals surface area contributed by atoms with Crippen molar-refractivity contribution in [2.75, 3.05) is 26.5 Å². The molecular weight excluding hydrogens is 408 g/mol. The Hall–Kier alpha value is -2.03. The van der Waals surface area contributed by atoms with Crippen molar-refractivity contribution in [1.82, 2.24) is 20.7 Å². The second-order valence-electron chi connectivity index (χ2n) is 10.7. The molecule has 3 rings (SSSR count). The molecule has 7 nitrogen and oxygen atoms in total. The lowest BCUT2D eigenvalue weighted by Crippen LogP contribution is -2.60. The van der Waals surface area contributed by atoms with E-state index in [9.17, 15) is 4.79 Å². The van der Waals surface area contributed by atoms with Crippen LogP contribution in [0.15, 0.2) is 24.4 Å². The second kappa shape index (κ2) is 8.84. The number of nitrogens with zero attached hydrogens (tertiary/aromatic N) is 3. The largest absolute Gasteiger partial charge is 0.351 e. The number of hydrogen-bond acceptors (Lipinski definition) is 6. The van der Waals surface area contributed by atoms with E-state index in [0.717, 1.165) is 29.8 Å². The van der Waals surface area contributed by atoms with Gasteiger partial charge < -0.3 is 10.6 Å². The van der Waals surface area contributed by atoms with Crippen LogP contribution < -0.4 is 16.1 Å². The predicted molar refractivity (Wildman–Crippen MR) is 128 cm³/mol. The lowest BCUT2D eigenvalue weighted by atomic mass is 9.80. The molecule has 0 radical (unpaired) electrons. The van der Waals surface area contributed by atoms with Gasteiger partial charge in [0.2, 0.25) is 5.95 Å². The van der Waals surface area contributed by atoms with Crippen molar-refractivity contribution in [3.05, 3.63) is 29.3 Å². The summed E-state index contributed by atoms with van der Waals surface area (Å²) in [6, 6.07) is 6.44. The Morgan fingerprint density at radius 2 is 1.84 bits per heavy atom. The first kappa shape index (κ1) is 23.6. The summed E-state index contributed by atoms with van der Waals surface area (Å²) in [6.45, 7) is 8.98. The minimum absolute atomic E-state index is 0.0591. The number of amides is 1. The molecule has 1 aliphatic heterocycles. The molecule has 1 amide bonds. The van der Waals surface area contributed by atoms with Crippen molar-refractivity contribution >= 4 is 23.2 Å². The number of aryl methyl sites for hydroxylation is 1. The van der Waals surface area contributed by atoms with Gasteiger partial charge in [-0.3, -0.25) is 4.79 Å². The smallest absolute Gasteiger partial charge is 0.265 e. The maximum atomic E-state index is 12.1. The molecule has 2 aromatic heterocycles. The highest BCUT2D eigenvalue weighted by Crippen LogP contribution is 2.31. The number of thiophene rings is 1. The van der Waals surface area contributed by atoms with Crippen LogP contribution in [0.1, 0.15) is 51.8 Å². The normalized spacial score (nSPS) is 18.5. The Bertz CT molecular complexity index is 899. The van der Waals surface area contributed by atoms with Crippen LogP contribution in [0.3, 0.4) is 0 Å². The molecule has 0 atom stereocenters. The number of piperidine rings is 1. The molecule has 8 heteroatoms. The van der Waals surface area contributed by atoms with Gasteiger partial charge in [-0.05, 0) is 65.2 Å². The minimum Gasteiger partial charge on any atom is -0.351 e. The summed E-state index contributed by atoms with van der Waals surface area (Å²) in [4.78, 5) is 23.6. The number of rotatable bonds is 7. The summed E-state index contributed by atoms with van der Waals surface area (Å²) < 4.78 is 0.427. The van der Waals surface area contributed by atoms with Crippen molar-refractivity contribution in [3.63, 3.8) is 0 Å². The predicted octanol–water partition coefficient (Wildman–Crippen LogP) is 3.60. The molecule has 0 saturated carbocycles. The van der Waals surface area contributed by atoms with E-state index in [2.05, 4.69) is 60.9 Å². The van der Waals surface area contributed by atoms with Crippen molar-refractivity contribution in [1.29, 1.82) is 0 Å². The molecule has 170 valence electrons. The average molecular weight is 446 g/mol. The molecular formula is C23H37N6OS+. The average Bonchev–Trinajstić information content (AvgIpc) is 3.05. The van der Waals surface area contributed by atoms with Gasteiger partial charge in [0, 0.05) is 34.6 Å². The van der Waals surface area contributed by atoms with E-state index in [1.807, 2.05) is 33.4 Å². The van der Waals surface area contributed by atoms with Crippen molar-refractivity contribution in [2.24, 2.45) is 0 Å². The van der Waals surface area contributed by atoms with Gasteiger partial charge in [-0.1, -0.05) is 0 Å². The van der Waals surface area contributed by atoms with Crippen molar-refractivity contribution in [3.8, 4) is 10.6 Å². The fraction of sp³-hybridized carbons (Fsp3) is 0.609. The SMILES string of the molecule is CC1(C)CC(Nc2nccc(-c3ccc(CCC(=O)N[N+](C)(C)C)s3)n2)CC(C)(C)N1. The van der Waals surface area contributed by atoms with Gasteiger partial charge in [0.15, 0.2) is 0 Å². The molecule has 0 aliphatic carbocycles. The first-order valence-corrected chi connectivity index (χ1v) is 11.7. The lowest BCUT2D eigenvalue weighted by molar-refractivity contribution is -0.906. The van der Waals surface area contributed by atoms with Crippen LogP contribution in [-0.4, -0.2) is 58.7 Å². The summed E-state index contributed by atoms with van der Waals surface area (Å²) in [5, 5.41) is 7.27. The van der Waals surface area contributed by atoms with Crippen LogP contribution in [0, 0.1) is 0 Å². The molecule has 1 aliphatic rings.